The topological polar surface area (TPSA) is 69.6 Å². The van der Waals surface area contributed by atoms with Gasteiger partial charge in [-0.3, -0.25) is 4.79 Å². The Hall–Kier alpha value is -0.870. The van der Waals surface area contributed by atoms with E-state index in [1.54, 1.807) is 0 Å². The lowest BCUT2D eigenvalue weighted by molar-refractivity contribution is -0.123. The van der Waals surface area contributed by atoms with E-state index in [2.05, 4.69) is 31.3 Å². The van der Waals surface area contributed by atoms with Crippen LogP contribution < -0.4 is 5.32 Å². The predicted molar refractivity (Wildman–Crippen MR) is 313 cm³/mol. The first-order chi connectivity index (χ1) is 34.7. The van der Waals surface area contributed by atoms with Crippen LogP contribution in [0.4, 0.5) is 0 Å². The molecule has 0 spiro atoms. The van der Waals surface area contributed by atoms with Crippen LogP contribution in [-0.4, -0.2) is 34.9 Å². The Morgan fingerprint density at radius 3 is 0.786 bits per heavy atom. The third-order valence-electron chi connectivity index (χ3n) is 15.8. The van der Waals surface area contributed by atoms with Crippen LogP contribution in [0.25, 0.3) is 0 Å². The Bertz CT molecular complexity index is 982. The number of aliphatic hydroxyl groups is 2. The number of carbonyl (C=O) groups excluding carboxylic acids is 1. The van der Waals surface area contributed by atoms with Gasteiger partial charge >= 0.3 is 0 Å². The number of carbonyl (C=O) groups is 1. The Morgan fingerprint density at radius 1 is 0.329 bits per heavy atom. The Labute approximate surface area is 441 Å². The van der Waals surface area contributed by atoms with Gasteiger partial charge < -0.3 is 15.5 Å². The van der Waals surface area contributed by atoms with Crippen molar-refractivity contribution in [3.8, 4) is 0 Å². The van der Waals surface area contributed by atoms with E-state index in [9.17, 15) is 15.0 Å². The molecule has 0 heterocycles. The van der Waals surface area contributed by atoms with Crippen LogP contribution in [0.15, 0.2) is 12.2 Å². The largest absolute Gasteiger partial charge is 0.394 e. The van der Waals surface area contributed by atoms with Gasteiger partial charge in [-0.15, -0.1) is 0 Å². The van der Waals surface area contributed by atoms with Crippen molar-refractivity contribution in [2.24, 2.45) is 0 Å². The van der Waals surface area contributed by atoms with Crippen molar-refractivity contribution < 1.29 is 15.0 Å². The van der Waals surface area contributed by atoms with Crippen LogP contribution in [0.1, 0.15) is 386 Å². The molecule has 70 heavy (non-hydrogen) atoms. The Morgan fingerprint density at radius 2 is 0.543 bits per heavy atom. The number of rotatable bonds is 62. The normalized spacial score (nSPS) is 12.7. The SMILES string of the molecule is CCCCCCCCCC/C=C\CCCCCCCCCCCCCCCCCC(=O)NC(CO)C(O)CCCCCCCCCCCCCCCCCCCCCCCCCCCCCCCCC. The fourth-order valence-corrected chi connectivity index (χ4v) is 10.8. The van der Waals surface area contributed by atoms with E-state index >= 15 is 0 Å². The maximum absolute atomic E-state index is 12.5. The lowest BCUT2D eigenvalue weighted by atomic mass is 10.0. The first kappa shape index (κ1) is 69.1. The van der Waals surface area contributed by atoms with E-state index in [4.69, 9.17) is 0 Å². The molecule has 0 radical (unpaired) electrons. The summed E-state index contributed by atoms with van der Waals surface area (Å²) in [5, 5.41) is 23.4. The van der Waals surface area contributed by atoms with Crippen LogP contribution in [0.5, 0.6) is 0 Å². The molecule has 2 unspecified atom stereocenters. The summed E-state index contributed by atoms with van der Waals surface area (Å²) in [5.41, 5.74) is 0. The fraction of sp³-hybridized carbons (Fsp3) is 0.955. The summed E-state index contributed by atoms with van der Waals surface area (Å²) in [6.07, 6.45) is 82.5. The molecule has 4 nitrogen and oxygen atoms in total. The van der Waals surface area contributed by atoms with Crippen molar-refractivity contribution in [3.05, 3.63) is 12.2 Å². The minimum atomic E-state index is -0.658. The van der Waals surface area contributed by atoms with E-state index in [0.717, 1.165) is 25.7 Å². The second kappa shape index (κ2) is 62.4. The second-order valence-corrected chi connectivity index (χ2v) is 22.9. The lowest BCUT2D eigenvalue weighted by Crippen LogP contribution is -2.45. The zero-order valence-corrected chi connectivity index (χ0v) is 48.3. The van der Waals surface area contributed by atoms with Gasteiger partial charge in [0.05, 0.1) is 18.8 Å². The van der Waals surface area contributed by atoms with Gasteiger partial charge in [0.15, 0.2) is 0 Å². The molecule has 0 aromatic heterocycles. The lowest BCUT2D eigenvalue weighted by Gasteiger charge is -2.22. The van der Waals surface area contributed by atoms with Crippen LogP contribution >= 0.6 is 0 Å². The third kappa shape index (κ3) is 58.0. The van der Waals surface area contributed by atoms with Gasteiger partial charge in [0.2, 0.25) is 5.91 Å². The molecule has 0 aliphatic carbocycles. The van der Waals surface area contributed by atoms with E-state index < -0.39 is 12.1 Å². The standard InChI is InChI=1S/C66H131NO3/c1-3-5-7-9-11-13-15-17-19-21-23-25-27-29-31-32-33-34-36-37-39-41-43-45-47-49-51-53-55-57-59-61-65(69)64(63-68)67-66(70)62-60-58-56-54-52-50-48-46-44-42-40-38-35-30-28-26-24-22-20-18-16-14-12-10-8-6-4-2/h22,24,64-65,68-69H,3-21,23,25-63H2,1-2H3,(H,67,70)/b24-22-. The van der Waals surface area contributed by atoms with Crippen molar-refractivity contribution in [1.82, 2.24) is 5.32 Å². The van der Waals surface area contributed by atoms with Gasteiger partial charge in [-0.2, -0.15) is 0 Å². The van der Waals surface area contributed by atoms with Crippen molar-refractivity contribution in [3.63, 3.8) is 0 Å². The predicted octanol–water partition coefficient (Wildman–Crippen LogP) is 22.0. The quantitative estimate of drug-likeness (QED) is 0.0420. The van der Waals surface area contributed by atoms with E-state index in [-0.39, 0.29) is 12.5 Å². The van der Waals surface area contributed by atoms with Crippen LogP contribution in [-0.2, 0) is 4.79 Å². The molecule has 0 bridgehead atoms. The second-order valence-electron chi connectivity index (χ2n) is 22.9. The van der Waals surface area contributed by atoms with Crippen LogP contribution in [0, 0.1) is 0 Å². The third-order valence-corrected chi connectivity index (χ3v) is 15.8. The van der Waals surface area contributed by atoms with Crippen molar-refractivity contribution in [1.29, 1.82) is 0 Å². The molecular weight excluding hydrogens is 855 g/mol. The molecular formula is C66H131NO3. The number of unbranched alkanes of at least 4 members (excludes halogenated alkanes) is 53. The molecule has 4 heteroatoms. The first-order valence-corrected chi connectivity index (χ1v) is 32.9. The monoisotopic (exact) mass is 986 g/mol. The number of amides is 1. The van der Waals surface area contributed by atoms with Gasteiger partial charge in [0.1, 0.15) is 0 Å². The minimum absolute atomic E-state index is 0.0225. The molecule has 418 valence electrons. The zero-order valence-electron chi connectivity index (χ0n) is 48.3. The number of hydrogen-bond acceptors (Lipinski definition) is 3. The Balaban J connectivity index is 3.38. The molecule has 3 N–H and O–H groups in total. The molecule has 0 rings (SSSR count). The van der Waals surface area contributed by atoms with Gasteiger partial charge in [0, 0.05) is 6.42 Å². The number of hydrogen-bond donors (Lipinski definition) is 3. The molecule has 0 aliphatic heterocycles. The van der Waals surface area contributed by atoms with Gasteiger partial charge in [-0.1, -0.05) is 353 Å². The highest BCUT2D eigenvalue weighted by Gasteiger charge is 2.20. The molecule has 0 aromatic carbocycles. The highest BCUT2D eigenvalue weighted by Crippen LogP contribution is 2.19. The Kier molecular flexibility index (Phi) is 61.6. The van der Waals surface area contributed by atoms with Crippen LogP contribution in [0.2, 0.25) is 0 Å². The highest BCUT2D eigenvalue weighted by molar-refractivity contribution is 5.76. The molecule has 0 aliphatic rings. The minimum Gasteiger partial charge on any atom is -0.394 e. The summed E-state index contributed by atoms with van der Waals surface area (Å²) in [6.45, 7) is 4.41. The highest BCUT2D eigenvalue weighted by atomic mass is 16.3. The number of allylic oxidation sites excluding steroid dienone is 2. The molecule has 0 aromatic rings. The van der Waals surface area contributed by atoms with Crippen LogP contribution in [0.3, 0.4) is 0 Å². The molecule has 2 atom stereocenters. The van der Waals surface area contributed by atoms with Crippen molar-refractivity contribution in [2.75, 3.05) is 6.61 Å². The van der Waals surface area contributed by atoms with E-state index in [1.807, 2.05) is 0 Å². The zero-order chi connectivity index (χ0) is 50.6. The van der Waals surface area contributed by atoms with Gasteiger partial charge in [-0.25, -0.2) is 0 Å². The number of nitrogens with one attached hydrogen (secondary N) is 1. The molecule has 1 amide bonds. The number of aliphatic hydroxyl groups excluding tert-OH is 2. The van der Waals surface area contributed by atoms with Crippen molar-refractivity contribution in [2.45, 2.75) is 398 Å². The molecule has 0 fully saturated rings. The maximum atomic E-state index is 12.5. The summed E-state index contributed by atoms with van der Waals surface area (Å²) >= 11 is 0. The first-order valence-electron chi connectivity index (χ1n) is 32.9. The summed E-state index contributed by atoms with van der Waals surface area (Å²) in [6, 6.07) is -0.535. The van der Waals surface area contributed by atoms with E-state index in [0.29, 0.717) is 12.8 Å². The summed E-state index contributed by atoms with van der Waals surface area (Å²) in [7, 11) is 0. The molecule has 0 saturated carbocycles. The average Bonchev–Trinajstić information content (AvgIpc) is 3.36. The van der Waals surface area contributed by atoms with Gasteiger partial charge in [-0.05, 0) is 38.5 Å². The maximum Gasteiger partial charge on any atom is 0.220 e. The fourth-order valence-electron chi connectivity index (χ4n) is 10.8. The summed E-state index contributed by atoms with van der Waals surface area (Å²) in [5.74, 6) is -0.0225. The average molecular weight is 987 g/mol. The van der Waals surface area contributed by atoms with Gasteiger partial charge in [0.25, 0.3) is 0 Å². The smallest absolute Gasteiger partial charge is 0.220 e. The summed E-state index contributed by atoms with van der Waals surface area (Å²) < 4.78 is 0. The molecule has 0 saturated heterocycles. The van der Waals surface area contributed by atoms with Crippen molar-refractivity contribution >= 4 is 5.91 Å². The van der Waals surface area contributed by atoms with E-state index in [1.165, 1.54) is 334 Å². The summed E-state index contributed by atoms with van der Waals surface area (Å²) in [4.78, 5) is 12.5.